The molecule has 0 aromatic heterocycles. The topological polar surface area (TPSA) is 61.8 Å². The molecule has 5 heteroatoms. The monoisotopic (exact) mass is 284 g/mol. The maximum Gasteiger partial charge on any atom is 0.230 e. The van der Waals surface area contributed by atoms with E-state index in [1.165, 1.54) is 0 Å². The van der Waals surface area contributed by atoms with Crippen LogP contribution >= 0.6 is 0 Å². The van der Waals surface area contributed by atoms with Gasteiger partial charge in [-0.2, -0.15) is 0 Å². The number of rotatable bonds is 4. The molecule has 2 N–H and O–H groups in total. The number of aliphatic hydroxyl groups excluding tert-OH is 1. The van der Waals surface area contributed by atoms with E-state index >= 15 is 0 Å². The van der Waals surface area contributed by atoms with Crippen molar-refractivity contribution in [3.63, 3.8) is 0 Å². The Morgan fingerprint density at radius 1 is 1.50 bits per heavy atom. The van der Waals surface area contributed by atoms with Crippen LogP contribution in [0, 0.1) is 5.41 Å². The second-order valence-electron chi connectivity index (χ2n) is 6.82. The summed E-state index contributed by atoms with van der Waals surface area (Å²) in [5.74, 6) is 0.235. The Bertz CT molecular complexity index is 351. The number of aliphatic hydroxyl groups is 1. The second kappa shape index (κ2) is 6.00. The van der Waals surface area contributed by atoms with Crippen molar-refractivity contribution < 1.29 is 14.6 Å². The number of nitrogens with one attached hydrogen (secondary N) is 1. The number of hydrogen-bond acceptors (Lipinski definition) is 4. The lowest BCUT2D eigenvalue weighted by Crippen LogP contribution is -2.58. The fourth-order valence-electron chi connectivity index (χ4n) is 3.61. The van der Waals surface area contributed by atoms with Gasteiger partial charge in [0.1, 0.15) is 0 Å². The predicted molar refractivity (Wildman–Crippen MR) is 77.4 cm³/mol. The molecule has 2 unspecified atom stereocenters. The van der Waals surface area contributed by atoms with E-state index in [1.807, 2.05) is 18.7 Å². The molecule has 0 bridgehead atoms. The zero-order chi connectivity index (χ0) is 14.8. The van der Waals surface area contributed by atoms with E-state index in [0.29, 0.717) is 13.1 Å². The molecule has 2 saturated heterocycles. The molecule has 0 aliphatic carbocycles. The third-order valence-electron chi connectivity index (χ3n) is 4.40. The maximum absolute atomic E-state index is 13.0. The van der Waals surface area contributed by atoms with E-state index in [9.17, 15) is 9.90 Å². The molecule has 2 heterocycles. The van der Waals surface area contributed by atoms with Crippen LogP contribution in [0.1, 0.15) is 40.0 Å². The normalized spacial score (nSPS) is 33.4. The van der Waals surface area contributed by atoms with Crippen molar-refractivity contribution in [3.8, 4) is 0 Å². The zero-order valence-corrected chi connectivity index (χ0v) is 12.9. The van der Waals surface area contributed by atoms with Crippen LogP contribution in [0.4, 0.5) is 0 Å². The summed E-state index contributed by atoms with van der Waals surface area (Å²) in [4.78, 5) is 14.9. The van der Waals surface area contributed by atoms with Gasteiger partial charge in [-0.05, 0) is 33.2 Å². The summed E-state index contributed by atoms with van der Waals surface area (Å²) >= 11 is 0. The minimum Gasteiger partial charge on any atom is -0.394 e. The first-order chi connectivity index (χ1) is 9.42. The lowest BCUT2D eigenvalue weighted by Gasteiger charge is -2.45. The van der Waals surface area contributed by atoms with Crippen LogP contribution in [0.2, 0.25) is 0 Å². The van der Waals surface area contributed by atoms with E-state index in [0.717, 1.165) is 32.4 Å². The first-order valence-corrected chi connectivity index (χ1v) is 7.71. The van der Waals surface area contributed by atoms with E-state index in [1.54, 1.807) is 0 Å². The Balaban J connectivity index is 2.14. The Morgan fingerprint density at radius 2 is 2.25 bits per heavy atom. The summed E-state index contributed by atoms with van der Waals surface area (Å²) in [6.07, 6.45) is 2.60. The molecule has 0 aromatic rings. The quantitative estimate of drug-likeness (QED) is 0.800. The molecular formula is C15H28N2O3. The van der Waals surface area contributed by atoms with Crippen LogP contribution < -0.4 is 5.32 Å². The van der Waals surface area contributed by atoms with E-state index in [4.69, 9.17) is 4.74 Å². The summed E-state index contributed by atoms with van der Waals surface area (Å²) in [6.45, 7) is 8.87. The van der Waals surface area contributed by atoms with Gasteiger partial charge >= 0.3 is 0 Å². The summed E-state index contributed by atoms with van der Waals surface area (Å²) < 4.78 is 5.80. The largest absolute Gasteiger partial charge is 0.394 e. The highest BCUT2D eigenvalue weighted by molar-refractivity contribution is 5.83. The molecule has 2 atom stereocenters. The van der Waals surface area contributed by atoms with Gasteiger partial charge in [0.2, 0.25) is 5.91 Å². The number of carbonyl (C=O) groups is 1. The highest BCUT2D eigenvalue weighted by atomic mass is 16.5. The van der Waals surface area contributed by atoms with Crippen LogP contribution in [-0.2, 0) is 9.53 Å². The SMILES string of the molecule is CCCC1(C(=O)N2CC(CO)OC(C)(C)C2)CCNC1. The smallest absolute Gasteiger partial charge is 0.230 e. The molecule has 2 fully saturated rings. The number of nitrogens with zero attached hydrogens (tertiary/aromatic N) is 1. The van der Waals surface area contributed by atoms with Crippen LogP contribution in [0.5, 0.6) is 0 Å². The number of ether oxygens (including phenoxy) is 1. The average Bonchev–Trinajstić information content (AvgIpc) is 2.86. The summed E-state index contributed by atoms with van der Waals surface area (Å²) in [6, 6.07) is 0. The van der Waals surface area contributed by atoms with Gasteiger partial charge in [0, 0.05) is 19.6 Å². The third-order valence-corrected chi connectivity index (χ3v) is 4.40. The van der Waals surface area contributed by atoms with E-state index < -0.39 is 0 Å². The second-order valence-corrected chi connectivity index (χ2v) is 6.82. The molecule has 116 valence electrons. The average molecular weight is 284 g/mol. The van der Waals surface area contributed by atoms with Crippen LogP contribution in [0.3, 0.4) is 0 Å². The van der Waals surface area contributed by atoms with Crippen molar-refractivity contribution in [2.75, 3.05) is 32.8 Å². The molecule has 20 heavy (non-hydrogen) atoms. The molecule has 0 radical (unpaired) electrons. The predicted octanol–water partition coefficient (Wildman–Crippen LogP) is 0.764. The summed E-state index contributed by atoms with van der Waals surface area (Å²) in [7, 11) is 0. The number of carbonyl (C=O) groups excluding carboxylic acids is 1. The Morgan fingerprint density at radius 3 is 2.80 bits per heavy atom. The van der Waals surface area contributed by atoms with Crippen molar-refractivity contribution in [1.82, 2.24) is 10.2 Å². The molecule has 2 aliphatic rings. The van der Waals surface area contributed by atoms with Crippen LogP contribution in [0.25, 0.3) is 0 Å². The molecule has 5 nitrogen and oxygen atoms in total. The van der Waals surface area contributed by atoms with Gasteiger partial charge in [0.25, 0.3) is 0 Å². The van der Waals surface area contributed by atoms with Gasteiger partial charge < -0.3 is 20.1 Å². The fraction of sp³-hybridized carbons (Fsp3) is 0.933. The Labute approximate surface area is 121 Å². The van der Waals surface area contributed by atoms with Gasteiger partial charge in [-0.15, -0.1) is 0 Å². The van der Waals surface area contributed by atoms with Gasteiger partial charge in [-0.25, -0.2) is 0 Å². The maximum atomic E-state index is 13.0. The number of morpholine rings is 1. The standard InChI is InChI=1S/C15H28N2O3/c1-4-5-15(6-7-16-10-15)13(19)17-8-12(9-18)20-14(2,3)11-17/h12,16,18H,4-11H2,1-3H3. The first-order valence-electron chi connectivity index (χ1n) is 7.71. The minimum atomic E-state index is -0.388. The van der Waals surface area contributed by atoms with Crippen molar-refractivity contribution in [2.24, 2.45) is 5.41 Å². The fourth-order valence-corrected chi connectivity index (χ4v) is 3.61. The van der Waals surface area contributed by atoms with Crippen LogP contribution in [0.15, 0.2) is 0 Å². The summed E-state index contributed by atoms with van der Waals surface area (Å²) in [5.41, 5.74) is -0.636. The van der Waals surface area contributed by atoms with E-state index in [-0.39, 0.29) is 29.6 Å². The lowest BCUT2D eigenvalue weighted by atomic mass is 9.80. The van der Waals surface area contributed by atoms with Crippen molar-refractivity contribution >= 4 is 5.91 Å². The Hall–Kier alpha value is -0.650. The number of amides is 1. The first kappa shape index (κ1) is 15.7. The highest BCUT2D eigenvalue weighted by Crippen LogP contribution is 2.35. The van der Waals surface area contributed by atoms with Crippen molar-refractivity contribution in [1.29, 1.82) is 0 Å². The van der Waals surface area contributed by atoms with Gasteiger partial charge in [-0.1, -0.05) is 13.3 Å². The molecule has 2 aliphatic heterocycles. The van der Waals surface area contributed by atoms with Gasteiger partial charge in [0.15, 0.2) is 0 Å². The molecular weight excluding hydrogens is 256 g/mol. The zero-order valence-electron chi connectivity index (χ0n) is 12.9. The van der Waals surface area contributed by atoms with E-state index in [2.05, 4.69) is 12.2 Å². The van der Waals surface area contributed by atoms with Gasteiger partial charge in [0.05, 0.1) is 23.7 Å². The van der Waals surface area contributed by atoms with Crippen LogP contribution in [-0.4, -0.2) is 60.4 Å². The third kappa shape index (κ3) is 3.15. The molecule has 2 rings (SSSR count). The van der Waals surface area contributed by atoms with Crippen molar-refractivity contribution in [3.05, 3.63) is 0 Å². The number of hydrogen-bond donors (Lipinski definition) is 2. The summed E-state index contributed by atoms with van der Waals surface area (Å²) in [5, 5.41) is 12.7. The molecule has 1 amide bonds. The molecule has 0 saturated carbocycles. The highest BCUT2D eigenvalue weighted by Gasteiger charge is 2.46. The minimum absolute atomic E-state index is 0.0355. The molecule has 0 aromatic carbocycles. The molecule has 0 spiro atoms. The van der Waals surface area contributed by atoms with Gasteiger partial charge in [-0.3, -0.25) is 4.79 Å². The lowest BCUT2D eigenvalue weighted by molar-refractivity contribution is -0.174. The Kier molecular flexibility index (Phi) is 4.72. The van der Waals surface area contributed by atoms with Crippen molar-refractivity contribution in [2.45, 2.75) is 51.7 Å².